The smallest absolute Gasteiger partial charge is 0.203 e. The zero-order chi connectivity index (χ0) is 12.1. The van der Waals surface area contributed by atoms with Gasteiger partial charge in [0.25, 0.3) is 0 Å². The van der Waals surface area contributed by atoms with E-state index in [1.807, 2.05) is 19.3 Å². The van der Waals surface area contributed by atoms with Crippen LogP contribution in [0.4, 0.5) is 5.95 Å². The molecule has 0 saturated carbocycles. The maximum absolute atomic E-state index is 4.99. The summed E-state index contributed by atoms with van der Waals surface area (Å²) in [7, 11) is 1.69. The van der Waals surface area contributed by atoms with E-state index in [-0.39, 0.29) is 0 Å². The second-order valence-electron chi connectivity index (χ2n) is 3.64. The molecule has 2 aromatic heterocycles. The van der Waals surface area contributed by atoms with E-state index in [1.54, 1.807) is 24.6 Å². The number of aryl methyl sites for hydroxylation is 1. The van der Waals surface area contributed by atoms with E-state index in [0.717, 1.165) is 24.0 Å². The molecule has 17 heavy (non-hydrogen) atoms. The fourth-order valence-corrected chi connectivity index (χ4v) is 2.31. The Labute approximate surface area is 104 Å². The fourth-order valence-electron chi connectivity index (χ4n) is 1.52. The van der Waals surface area contributed by atoms with Crippen molar-refractivity contribution in [2.75, 3.05) is 25.6 Å². The van der Waals surface area contributed by atoms with Crippen LogP contribution in [0.2, 0.25) is 0 Å². The molecule has 0 aliphatic rings. The summed E-state index contributed by atoms with van der Waals surface area (Å²) in [5, 5.41) is 4.32. The number of thiazole rings is 1. The van der Waals surface area contributed by atoms with Crippen molar-refractivity contribution in [3.63, 3.8) is 0 Å². The molecule has 0 fully saturated rings. The highest BCUT2D eigenvalue weighted by molar-refractivity contribution is 7.11. The summed E-state index contributed by atoms with van der Waals surface area (Å²) in [4.78, 5) is 9.75. The molecule has 2 aromatic rings. The van der Waals surface area contributed by atoms with Gasteiger partial charge in [0.05, 0.1) is 18.2 Å². The maximum atomic E-state index is 4.99. The number of hydrogen-bond acceptors (Lipinski definition) is 5. The molecule has 0 spiro atoms. The van der Waals surface area contributed by atoms with Gasteiger partial charge in [0.15, 0.2) is 0 Å². The van der Waals surface area contributed by atoms with Gasteiger partial charge in [0.1, 0.15) is 0 Å². The summed E-state index contributed by atoms with van der Waals surface area (Å²) < 4.78 is 7.07. The molecule has 0 aliphatic heterocycles. The molecule has 2 heterocycles. The highest BCUT2D eigenvalue weighted by Crippen LogP contribution is 2.15. The van der Waals surface area contributed by atoms with Gasteiger partial charge in [-0.15, -0.1) is 11.3 Å². The number of nitrogens with zero attached hydrogens (tertiary/aromatic N) is 3. The quantitative estimate of drug-likeness (QED) is 0.796. The lowest BCUT2D eigenvalue weighted by molar-refractivity contribution is 0.210. The minimum absolute atomic E-state index is 0.673. The first-order chi connectivity index (χ1) is 8.29. The van der Waals surface area contributed by atoms with E-state index in [0.29, 0.717) is 6.61 Å². The summed E-state index contributed by atoms with van der Waals surface area (Å²) in [5.74, 6) is 0.869. The van der Waals surface area contributed by atoms with E-state index in [4.69, 9.17) is 4.74 Å². The summed E-state index contributed by atoms with van der Waals surface area (Å²) in [6, 6.07) is 0. The Morgan fingerprint density at radius 2 is 2.35 bits per heavy atom. The van der Waals surface area contributed by atoms with Gasteiger partial charge in [-0.25, -0.2) is 9.97 Å². The average molecular weight is 252 g/mol. The normalized spacial score (nSPS) is 10.7. The minimum atomic E-state index is 0.673. The molecule has 5 nitrogen and oxygen atoms in total. The summed E-state index contributed by atoms with van der Waals surface area (Å²) >= 11 is 1.71. The van der Waals surface area contributed by atoms with Crippen LogP contribution in [0.1, 0.15) is 9.88 Å². The Bertz CT molecular complexity index is 465. The molecule has 2 rings (SSSR count). The van der Waals surface area contributed by atoms with Crippen LogP contribution in [0.25, 0.3) is 0 Å². The van der Waals surface area contributed by atoms with Crippen LogP contribution >= 0.6 is 11.3 Å². The van der Waals surface area contributed by atoms with Crippen molar-refractivity contribution in [2.45, 2.75) is 13.5 Å². The van der Waals surface area contributed by atoms with Crippen LogP contribution in [-0.4, -0.2) is 34.8 Å². The van der Waals surface area contributed by atoms with Gasteiger partial charge in [-0.05, 0) is 6.92 Å². The summed E-state index contributed by atoms with van der Waals surface area (Å²) in [6.07, 6.45) is 5.67. The van der Waals surface area contributed by atoms with Crippen molar-refractivity contribution < 1.29 is 4.74 Å². The van der Waals surface area contributed by atoms with Crippen molar-refractivity contribution in [2.24, 2.45) is 0 Å². The molecule has 6 heteroatoms. The van der Waals surface area contributed by atoms with E-state index in [9.17, 15) is 0 Å². The third kappa shape index (κ3) is 3.28. The highest BCUT2D eigenvalue weighted by Gasteiger charge is 2.04. The van der Waals surface area contributed by atoms with E-state index in [1.165, 1.54) is 4.88 Å². The first-order valence-corrected chi connectivity index (χ1v) is 6.26. The standard InChI is InChI=1S/C11H16N4OS/c1-9-14-7-10(17-9)8-15-5-3-12-11(15)13-4-6-16-2/h3,5,7H,4,6,8H2,1-2H3,(H,12,13). The number of imidazole rings is 1. The monoisotopic (exact) mass is 252 g/mol. The number of methoxy groups -OCH3 is 1. The Balaban J connectivity index is 1.98. The lowest BCUT2D eigenvalue weighted by Gasteiger charge is -2.08. The van der Waals surface area contributed by atoms with Crippen molar-refractivity contribution in [3.8, 4) is 0 Å². The zero-order valence-electron chi connectivity index (χ0n) is 10.0. The molecule has 1 N–H and O–H groups in total. The number of rotatable bonds is 6. The number of anilines is 1. The minimum Gasteiger partial charge on any atom is -0.383 e. The zero-order valence-corrected chi connectivity index (χ0v) is 10.8. The molecular formula is C11H16N4OS. The van der Waals surface area contributed by atoms with Crippen LogP contribution in [-0.2, 0) is 11.3 Å². The van der Waals surface area contributed by atoms with E-state index in [2.05, 4.69) is 19.9 Å². The van der Waals surface area contributed by atoms with E-state index < -0.39 is 0 Å². The molecule has 0 saturated heterocycles. The Morgan fingerprint density at radius 1 is 1.47 bits per heavy atom. The number of hydrogen-bond donors (Lipinski definition) is 1. The van der Waals surface area contributed by atoms with Crippen LogP contribution in [0.3, 0.4) is 0 Å². The van der Waals surface area contributed by atoms with Crippen LogP contribution in [0.5, 0.6) is 0 Å². The lowest BCUT2D eigenvalue weighted by atomic mass is 10.5. The average Bonchev–Trinajstić information content (AvgIpc) is 2.90. The summed E-state index contributed by atoms with van der Waals surface area (Å²) in [6.45, 7) is 4.25. The van der Waals surface area contributed by atoms with Crippen LogP contribution < -0.4 is 5.32 Å². The van der Waals surface area contributed by atoms with Crippen molar-refractivity contribution in [1.29, 1.82) is 0 Å². The second-order valence-corrected chi connectivity index (χ2v) is 4.96. The van der Waals surface area contributed by atoms with Gasteiger partial charge in [-0.1, -0.05) is 0 Å². The number of ether oxygens (including phenoxy) is 1. The molecule has 92 valence electrons. The Hall–Kier alpha value is -1.40. The van der Waals surface area contributed by atoms with Gasteiger partial charge in [0, 0.05) is 37.1 Å². The molecule has 0 atom stereocenters. The largest absolute Gasteiger partial charge is 0.383 e. The molecular weight excluding hydrogens is 236 g/mol. The van der Waals surface area contributed by atoms with Gasteiger partial charge in [0.2, 0.25) is 5.95 Å². The third-order valence-electron chi connectivity index (χ3n) is 2.30. The van der Waals surface area contributed by atoms with Gasteiger partial charge < -0.3 is 14.6 Å². The number of nitrogens with one attached hydrogen (secondary N) is 1. The first-order valence-electron chi connectivity index (χ1n) is 5.45. The molecule has 0 aliphatic carbocycles. The first kappa shape index (κ1) is 12.1. The van der Waals surface area contributed by atoms with Gasteiger partial charge in [-0.2, -0.15) is 0 Å². The third-order valence-corrected chi connectivity index (χ3v) is 3.20. The molecule has 0 unspecified atom stereocenters. The maximum Gasteiger partial charge on any atom is 0.203 e. The molecule has 0 radical (unpaired) electrons. The molecule has 0 amide bonds. The second kappa shape index (κ2) is 5.79. The van der Waals surface area contributed by atoms with Crippen molar-refractivity contribution >= 4 is 17.3 Å². The Morgan fingerprint density at radius 3 is 3.06 bits per heavy atom. The van der Waals surface area contributed by atoms with Gasteiger partial charge in [-0.3, -0.25) is 0 Å². The SMILES string of the molecule is COCCNc1nccn1Cc1cnc(C)s1. The Kier molecular flexibility index (Phi) is 4.11. The lowest BCUT2D eigenvalue weighted by Crippen LogP contribution is -2.12. The molecule has 0 bridgehead atoms. The predicted octanol–water partition coefficient (Wildman–Crippen LogP) is 1.75. The molecule has 0 aromatic carbocycles. The van der Waals surface area contributed by atoms with Crippen molar-refractivity contribution in [3.05, 3.63) is 28.5 Å². The van der Waals surface area contributed by atoms with Crippen LogP contribution in [0.15, 0.2) is 18.6 Å². The highest BCUT2D eigenvalue weighted by atomic mass is 32.1. The van der Waals surface area contributed by atoms with Crippen LogP contribution in [0, 0.1) is 6.92 Å². The topological polar surface area (TPSA) is 52.0 Å². The van der Waals surface area contributed by atoms with Gasteiger partial charge >= 0.3 is 0 Å². The fraction of sp³-hybridized carbons (Fsp3) is 0.455. The van der Waals surface area contributed by atoms with E-state index >= 15 is 0 Å². The van der Waals surface area contributed by atoms with Crippen molar-refractivity contribution in [1.82, 2.24) is 14.5 Å². The predicted molar refractivity (Wildman–Crippen MR) is 68.5 cm³/mol. The summed E-state index contributed by atoms with van der Waals surface area (Å²) in [5.41, 5.74) is 0. The number of aromatic nitrogens is 3.